The van der Waals surface area contributed by atoms with Gasteiger partial charge in [0, 0.05) is 18.2 Å². The van der Waals surface area contributed by atoms with E-state index >= 15 is 0 Å². The lowest BCUT2D eigenvalue weighted by atomic mass is 10.2. The van der Waals surface area contributed by atoms with E-state index in [2.05, 4.69) is 0 Å². The molecule has 1 aliphatic rings. The average molecular weight is 313 g/mol. The van der Waals surface area contributed by atoms with Crippen LogP contribution in [0.1, 0.15) is 12.2 Å². The van der Waals surface area contributed by atoms with Crippen LogP contribution in [0.15, 0.2) is 35.0 Å². The summed E-state index contributed by atoms with van der Waals surface area (Å²) in [5.74, 6) is -1.35. The van der Waals surface area contributed by atoms with Crippen molar-refractivity contribution >= 4 is 21.7 Å². The minimum absolute atomic E-state index is 0.0300. The third-order valence-corrected chi connectivity index (χ3v) is 4.96. The Labute approximate surface area is 121 Å². The Morgan fingerprint density at radius 2 is 2.19 bits per heavy atom. The maximum atomic E-state index is 12.1. The van der Waals surface area contributed by atoms with Gasteiger partial charge in [0.15, 0.2) is 9.84 Å². The summed E-state index contributed by atoms with van der Waals surface area (Å²) >= 11 is 0. The summed E-state index contributed by atoms with van der Waals surface area (Å²) in [6.07, 6.45) is 3.46. The van der Waals surface area contributed by atoms with E-state index < -0.39 is 27.8 Å². The molecule has 1 atom stereocenters. The lowest BCUT2D eigenvalue weighted by Crippen LogP contribution is -2.39. The summed E-state index contributed by atoms with van der Waals surface area (Å²) in [6.45, 7) is 0.107. The molecule has 8 heteroatoms. The number of carboxylic acids is 1. The van der Waals surface area contributed by atoms with Crippen LogP contribution in [0, 0.1) is 0 Å². The number of hydrogen-bond acceptors (Lipinski definition) is 5. The van der Waals surface area contributed by atoms with E-state index in [1.165, 1.54) is 11.2 Å². The number of carboxylic acid groups (broad SMARTS) is 1. The van der Waals surface area contributed by atoms with Gasteiger partial charge in [0.1, 0.15) is 5.76 Å². The summed E-state index contributed by atoms with van der Waals surface area (Å²) < 4.78 is 28.3. The second-order valence-electron chi connectivity index (χ2n) is 4.77. The van der Waals surface area contributed by atoms with Crippen LogP contribution in [0.2, 0.25) is 0 Å². The van der Waals surface area contributed by atoms with Crippen molar-refractivity contribution in [2.24, 2.45) is 0 Å². The topological polar surface area (TPSA) is 105 Å². The fourth-order valence-electron chi connectivity index (χ4n) is 2.22. The molecule has 1 aromatic heterocycles. The lowest BCUT2D eigenvalue weighted by Gasteiger charge is -2.26. The van der Waals surface area contributed by atoms with Gasteiger partial charge >= 0.3 is 5.97 Å². The number of rotatable bonds is 5. The molecular weight excluding hydrogens is 298 g/mol. The van der Waals surface area contributed by atoms with Gasteiger partial charge in [-0.25, -0.2) is 13.2 Å². The van der Waals surface area contributed by atoms with Crippen molar-refractivity contribution in [3.63, 3.8) is 0 Å². The first kappa shape index (κ1) is 15.3. The van der Waals surface area contributed by atoms with Crippen LogP contribution in [0.4, 0.5) is 0 Å². The molecule has 2 heterocycles. The normalized spacial score (nSPS) is 20.7. The summed E-state index contributed by atoms with van der Waals surface area (Å²) in [5, 5.41) is 8.58. The Hall–Kier alpha value is -2.09. The Balaban J connectivity index is 2.18. The molecule has 0 aliphatic carbocycles. The second kappa shape index (κ2) is 6.13. The van der Waals surface area contributed by atoms with Crippen molar-refractivity contribution in [2.75, 3.05) is 11.5 Å². The predicted octanol–water partition coefficient (Wildman–Crippen LogP) is 0.436. The second-order valence-corrected chi connectivity index (χ2v) is 7.00. The fraction of sp³-hybridized carbons (Fsp3) is 0.385. The number of nitrogens with zero attached hydrogens (tertiary/aromatic N) is 1. The molecule has 1 unspecified atom stereocenters. The summed E-state index contributed by atoms with van der Waals surface area (Å²) in [4.78, 5) is 23.9. The zero-order valence-electron chi connectivity index (χ0n) is 11.1. The third kappa shape index (κ3) is 4.19. The highest BCUT2D eigenvalue weighted by atomic mass is 32.2. The molecule has 1 aromatic rings. The first-order valence-corrected chi connectivity index (χ1v) is 8.14. The largest absolute Gasteiger partial charge is 0.478 e. The molecule has 0 saturated carbocycles. The van der Waals surface area contributed by atoms with E-state index in [9.17, 15) is 18.0 Å². The summed E-state index contributed by atoms with van der Waals surface area (Å²) in [5.41, 5.74) is 0. The van der Waals surface area contributed by atoms with E-state index in [1.54, 1.807) is 12.1 Å². The monoisotopic (exact) mass is 313 g/mol. The van der Waals surface area contributed by atoms with Crippen molar-refractivity contribution in [2.45, 2.75) is 19.0 Å². The van der Waals surface area contributed by atoms with Crippen molar-refractivity contribution < 1.29 is 27.5 Å². The maximum absolute atomic E-state index is 12.1. The molecule has 2 rings (SSSR count). The Kier molecular flexibility index (Phi) is 4.46. The quantitative estimate of drug-likeness (QED) is 0.791. The molecule has 114 valence electrons. The highest BCUT2D eigenvalue weighted by Crippen LogP contribution is 2.20. The highest BCUT2D eigenvalue weighted by Gasteiger charge is 2.34. The van der Waals surface area contributed by atoms with Gasteiger partial charge in [0.05, 0.1) is 24.3 Å². The first-order valence-electron chi connectivity index (χ1n) is 6.32. The van der Waals surface area contributed by atoms with Crippen molar-refractivity contribution in [1.29, 1.82) is 0 Å². The van der Waals surface area contributed by atoms with Crippen LogP contribution in [0.3, 0.4) is 0 Å². The Bertz CT molecular complexity index is 646. The first-order chi connectivity index (χ1) is 9.87. The summed E-state index contributed by atoms with van der Waals surface area (Å²) in [6, 6.07) is 2.87. The van der Waals surface area contributed by atoms with Gasteiger partial charge in [-0.2, -0.15) is 0 Å². The Morgan fingerprint density at radius 1 is 1.43 bits per heavy atom. The Morgan fingerprint density at radius 3 is 2.71 bits per heavy atom. The molecule has 0 spiro atoms. The van der Waals surface area contributed by atoms with Gasteiger partial charge in [0.2, 0.25) is 5.91 Å². The van der Waals surface area contributed by atoms with E-state index in [-0.39, 0.29) is 18.1 Å². The number of aliphatic carboxylic acids is 1. The predicted molar refractivity (Wildman–Crippen MR) is 73.1 cm³/mol. The van der Waals surface area contributed by atoms with Crippen molar-refractivity contribution in [1.82, 2.24) is 4.90 Å². The molecular formula is C13H15NO6S. The van der Waals surface area contributed by atoms with Crippen LogP contribution < -0.4 is 0 Å². The molecule has 1 fully saturated rings. The molecule has 1 N–H and O–H groups in total. The lowest BCUT2D eigenvalue weighted by molar-refractivity contribution is -0.133. The molecule has 1 aliphatic heterocycles. The third-order valence-electron chi connectivity index (χ3n) is 3.21. The standard InChI is InChI=1S/C13H15NO6S/c15-12(3-4-13(16)17)14(8-11-2-1-6-20-11)10-5-7-21(18,19)9-10/h1-4,6,10H,5,7-9H2,(H,16,17)/b4-3+. The van der Waals surface area contributed by atoms with Crippen molar-refractivity contribution in [3.05, 3.63) is 36.3 Å². The molecule has 0 aromatic carbocycles. The van der Waals surface area contributed by atoms with Crippen LogP contribution in [0.5, 0.6) is 0 Å². The molecule has 0 radical (unpaired) electrons. The van der Waals surface area contributed by atoms with E-state index in [0.29, 0.717) is 12.2 Å². The van der Waals surface area contributed by atoms with E-state index in [0.717, 1.165) is 12.2 Å². The zero-order chi connectivity index (χ0) is 15.5. The number of hydrogen-bond donors (Lipinski definition) is 1. The van der Waals surface area contributed by atoms with E-state index in [1.807, 2.05) is 0 Å². The number of amides is 1. The van der Waals surface area contributed by atoms with E-state index in [4.69, 9.17) is 9.52 Å². The van der Waals surface area contributed by atoms with Crippen LogP contribution in [-0.4, -0.2) is 47.8 Å². The zero-order valence-corrected chi connectivity index (χ0v) is 12.0. The van der Waals surface area contributed by atoms with Gasteiger partial charge in [-0.1, -0.05) is 0 Å². The minimum atomic E-state index is -3.15. The van der Waals surface area contributed by atoms with Gasteiger partial charge in [0.25, 0.3) is 0 Å². The number of sulfone groups is 1. The molecule has 21 heavy (non-hydrogen) atoms. The van der Waals surface area contributed by atoms with Gasteiger partial charge in [-0.15, -0.1) is 0 Å². The highest BCUT2D eigenvalue weighted by molar-refractivity contribution is 7.91. The number of carbonyl (C=O) groups is 2. The maximum Gasteiger partial charge on any atom is 0.328 e. The van der Waals surface area contributed by atoms with Crippen LogP contribution in [-0.2, 0) is 26.0 Å². The van der Waals surface area contributed by atoms with Gasteiger partial charge < -0.3 is 14.4 Å². The fourth-order valence-corrected chi connectivity index (χ4v) is 3.95. The van der Waals surface area contributed by atoms with Gasteiger partial charge in [-0.05, 0) is 18.6 Å². The van der Waals surface area contributed by atoms with Crippen LogP contribution >= 0.6 is 0 Å². The summed E-state index contributed by atoms with van der Waals surface area (Å²) in [7, 11) is -3.15. The van der Waals surface area contributed by atoms with Gasteiger partial charge in [-0.3, -0.25) is 4.79 Å². The molecule has 7 nitrogen and oxygen atoms in total. The number of furan rings is 1. The number of carbonyl (C=O) groups excluding carboxylic acids is 1. The average Bonchev–Trinajstić information content (AvgIpc) is 3.02. The SMILES string of the molecule is O=C(O)/C=C/C(=O)N(Cc1ccco1)C1CCS(=O)(=O)C1. The minimum Gasteiger partial charge on any atom is -0.478 e. The molecule has 0 bridgehead atoms. The van der Waals surface area contributed by atoms with Crippen LogP contribution in [0.25, 0.3) is 0 Å². The smallest absolute Gasteiger partial charge is 0.328 e. The molecule has 1 amide bonds. The van der Waals surface area contributed by atoms with Crippen molar-refractivity contribution in [3.8, 4) is 0 Å². The molecule has 1 saturated heterocycles.